The van der Waals surface area contributed by atoms with Gasteiger partial charge in [-0.1, -0.05) is 36.4 Å². The minimum Gasteiger partial charge on any atom is -0.493 e. The van der Waals surface area contributed by atoms with Crippen LogP contribution in [-0.2, 0) is 12.8 Å². The first kappa shape index (κ1) is 25.9. The molecule has 36 heavy (non-hydrogen) atoms. The summed E-state index contributed by atoms with van der Waals surface area (Å²) in [5.74, 6) is 3.08. The highest BCUT2D eigenvalue weighted by Gasteiger charge is 2.25. The van der Waals surface area contributed by atoms with E-state index < -0.39 is 0 Å². The quantitative estimate of drug-likeness (QED) is 0.365. The fourth-order valence-electron chi connectivity index (χ4n) is 4.60. The van der Waals surface area contributed by atoms with Gasteiger partial charge in [0.15, 0.2) is 23.0 Å². The fourth-order valence-corrected chi connectivity index (χ4v) is 4.60. The molecule has 1 aliphatic heterocycles. The molecule has 3 aromatic rings. The van der Waals surface area contributed by atoms with Crippen molar-refractivity contribution in [2.75, 3.05) is 54.6 Å². The number of hydrogen-bond donors (Lipinski definition) is 1. The van der Waals surface area contributed by atoms with Gasteiger partial charge in [-0.25, -0.2) is 0 Å². The number of rotatable bonds is 12. The van der Waals surface area contributed by atoms with E-state index in [0.29, 0.717) is 13.2 Å². The zero-order chi connectivity index (χ0) is 25.3. The third-order valence-electron chi connectivity index (χ3n) is 6.50. The van der Waals surface area contributed by atoms with E-state index in [0.717, 1.165) is 60.9 Å². The summed E-state index contributed by atoms with van der Waals surface area (Å²) in [5, 5.41) is 3.67. The van der Waals surface area contributed by atoms with Gasteiger partial charge in [-0.2, -0.15) is 0 Å². The van der Waals surface area contributed by atoms with Crippen LogP contribution in [0.4, 0.5) is 0 Å². The maximum Gasteiger partial charge on any atom is 0.161 e. The lowest BCUT2D eigenvalue weighted by atomic mass is 9.89. The molecule has 0 aliphatic carbocycles. The number of nitrogens with zero attached hydrogens (tertiary/aromatic N) is 1. The molecule has 0 aromatic heterocycles. The molecule has 0 saturated carbocycles. The van der Waals surface area contributed by atoms with Crippen LogP contribution in [0.15, 0.2) is 60.7 Å². The van der Waals surface area contributed by atoms with Crippen LogP contribution in [0, 0.1) is 0 Å². The number of ether oxygens (including phenoxy) is 4. The summed E-state index contributed by atoms with van der Waals surface area (Å²) in [6.07, 6.45) is 2.75. The van der Waals surface area contributed by atoms with E-state index in [-0.39, 0.29) is 6.04 Å². The molecule has 0 radical (unpaired) electrons. The first-order valence-electron chi connectivity index (χ1n) is 12.7. The second kappa shape index (κ2) is 12.7. The van der Waals surface area contributed by atoms with Crippen molar-refractivity contribution in [3.63, 3.8) is 0 Å². The maximum atomic E-state index is 6.15. The van der Waals surface area contributed by atoms with Gasteiger partial charge in [-0.05, 0) is 73.5 Å². The summed E-state index contributed by atoms with van der Waals surface area (Å²) in [7, 11) is 7.54. The number of nitrogens with one attached hydrogen (secondary N) is 1. The number of fused-ring (bicyclic) bond motifs is 1. The molecule has 192 valence electrons. The standard InChI is InChI=1S/C30H38N2O4/c1-32(2)16-8-17-35-29-21-25-23(19-28(29)34-4)13-15-31-30(25)24-11-12-26(27(20-24)33-3)36-18-14-22-9-6-5-7-10-22/h5-7,9-12,19-21,30-31H,8,13-18H2,1-4H3. The Labute approximate surface area is 215 Å². The average Bonchev–Trinajstić information content (AvgIpc) is 2.91. The molecule has 1 unspecified atom stereocenters. The molecule has 3 aromatic carbocycles. The van der Waals surface area contributed by atoms with Crippen molar-refractivity contribution in [1.29, 1.82) is 0 Å². The normalized spacial score (nSPS) is 14.9. The maximum absolute atomic E-state index is 6.15. The van der Waals surface area contributed by atoms with Crippen LogP contribution in [0.3, 0.4) is 0 Å². The molecule has 1 heterocycles. The van der Waals surface area contributed by atoms with E-state index in [1.165, 1.54) is 16.7 Å². The molecule has 0 bridgehead atoms. The Morgan fingerprint density at radius 2 is 1.58 bits per heavy atom. The Bertz CT molecular complexity index is 1120. The van der Waals surface area contributed by atoms with Crippen LogP contribution < -0.4 is 24.3 Å². The number of benzene rings is 3. The minimum absolute atomic E-state index is 0.0380. The van der Waals surface area contributed by atoms with Crippen molar-refractivity contribution in [1.82, 2.24) is 10.2 Å². The Morgan fingerprint density at radius 1 is 0.833 bits per heavy atom. The van der Waals surface area contributed by atoms with Crippen LogP contribution in [0.1, 0.15) is 34.7 Å². The van der Waals surface area contributed by atoms with Crippen LogP contribution in [0.2, 0.25) is 0 Å². The Morgan fingerprint density at radius 3 is 2.33 bits per heavy atom. The first-order chi connectivity index (χ1) is 17.6. The van der Waals surface area contributed by atoms with Gasteiger partial charge in [0, 0.05) is 19.5 Å². The van der Waals surface area contributed by atoms with Crippen molar-refractivity contribution < 1.29 is 18.9 Å². The van der Waals surface area contributed by atoms with Gasteiger partial charge in [0.25, 0.3) is 0 Å². The topological polar surface area (TPSA) is 52.2 Å². The zero-order valence-corrected chi connectivity index (χ0v) is 21.9. The van der Waals surface area contributed by atoms with Crippen LogP contribution in [0.5, 0.6) is 23.0 Å². The summed E-state index contributed by atoms with van der Waals surface area (Å²) < 4.78 is 23.6. The zero-order valence-electron chi connectivity index (χ0n) is 21.9. The van der Waals surface area contributed by atoms with E-state index in [9.17, 15) is 0 Å². The van der Waals surface area contributed by atoms with Crippen molar-refractivity contribution in [2.45, 2.75) is 25.3 Å². The predicted molar refractivity (Wildman–Crippen MR) is 144 cm³/mol. The predicted octanol–water partition coefficient (Wildman–Crippen LogP) is 4.89. The lowest BCUT2D eigenvalue weighted by Crippen LogP contribution is -2.30. The Hall–Kier alpha value is -3.22. The summed E-state index contributed by atoms with van der Waals surface area (Å²) in [6.45, 7) is 3.12. The Balaban J connectivity index is 1.51. The molecule has 4 rings (SSSR count). The van der Waals surface area contributed by atoms with Crippen LogP contribution >= 0.6 is 0 Å². The van der Waals surface area contributed by atoms with Crippen molar-refractivity contribution >= 4 is 0 Å². The molecule has 6 nitrogen and oxygen atoms in total. The smallest absolute Gasteiger partial charge is 0.161 e. The summed E-state index contributed by atoms with van der Waals surface area (Å²) in [6, 6.07) is 20.9. The summed E-state index contributed by atoms with van der Waals surface area (Å²) in [5.41, 5.74) is 4.88. The van der Waals surface area contributed by atoms with Gasteiger partial charge in [0.05, 0.1) is 33.5 Å². The van der Waals surface area contributed by atoms with Crippen LogP contribution in [0.25, 0.3) is 0 Å². The van der Waals surface area contributed by atoms with Gasteiger partial charge < -0.3 is 29.2 Å². The van der Waals surface area contributed by atoms with E-state index >= 15 is 0 Å². The highest BCUT2D eigenvalue weighted by atomic mass is 16.5. The van der Waals surface area contributed by atoms with E-state index in [1.807, 2.05) is 12.1 Å². The second-order valence-electron chi connectivity index (χ2n) is 9.34. The van der Waals surface area contributed by atoms with Crippen LogP contribution in [-0.4, -0.2) is 59.5 Å². The summed E-state index contributed by atoms with van der Waals surface area (Å²) in [4.78, 5) is 2.16. The summed E-state index contributed by atoms with van der Waals surface area (Å²) >= 11 is 0. The van der Waals surface area contributed by atoms with Crippen molar-refractivity contribution in [3.8, 4) is 23.0 Å². The van der Waals surface area contributed by atoms with Crippen molar-refractivity contribution in [3.05, 3.63) is 82.9 Å². The van der Waals surface area contributed by atoms with E-state index in [4.69, 9.17) is 18.9 Å². The van der Waals surface area contributed by atoms with Gasteiger partial charge >= 0.3 is 0 Å². The van der Waals surface area contributed by atoms with Crippen molar-refractivity contribution in [2.24, 2.45) is 0 Å². The fraction of sp³-hybridized carbons (Fsp3) is 0.400. The van der Waals surface area contributed by atoms with E-state index in [2.05, 4.69) is 72.8 Å². The minimum atomic E-state index is 0.0380. The molecule has 0 saturated heterocycles. The SMILES string of the molecule is COc1cc2c(cc1OCCCN(C)C)C(c1ccc(OCCc3ccccc3)c(OC)c1)NCC2. The Kier molecular flexibility index (Phi) is 9.09. The highest BCUT2D eigenvalue weighted by molar-refractivity contribution is 5.53. The van der Waals surface area contributed by atoms with Gasteiger partial charge in [0.1, 0.15) is 0 Å². The third-order valence-corrected chi connectivity index (χ3v) is 6.50. The monoisotopic (exact) mass is 490 g/mol. The lowest BCUT2D eigenvalue weighted by Gasteiger charge is -2.29. The van der Waals surface area contributed by atoms with Gasteiger partial charge in [-0.15, -0.1) is 0 Å². The molecule has 0 fully saturated rings. The molecular weight excluding hydrogens is 452 g/mol. The number of methoxy groups -OCH3 is 2. The number of hydrogen-bond acceptors (Lipinski definition) is 6. The molecule has 6 heteroatoms. The van der Waals surface area contributed by atoms with Gasteiger partial charge in [-0.3, -0.25) is 0 Å². The third kappa shape index (κ3) is 6.50. The second-order valence-corrected chi connectivity index (χ2v) is 9.34. The molecule has 1 aliphatic rings. The molecule has 1 N–H and O–H groups in total. The first-order valence-corrected chi connectivity index (χ1v) is 12.7. The van der Waals surface area contributed by atoms with Gasteiger partial charge in [0.2, 0.25) is 0 Å². The van der Waals surface area contributed by atoms with E-state index in [1.54, 1.807) is 14.2 Å². The molecule has 1 atom stereocenters. The molecule has 0 spiro atoms. The lowest BCUT2D eigenvalue weighted by molar-refractivity contribution is 0.267. The average molecular weight is 491 g/mol. The molecule has 0 amide bonds. The highest BCUT2D eigenvalue weighted by Crippen LogP contribution is 2.39. The molecular formula is C30H38N2O4. The largest absolute Gasteiger partial charge is 0.493 e.